The van der Waals surface area contributed by atoms with Crippen LogP contribution in [0.5, 0.6) is 0 Å². The van der Waals surface area contributed by atoms with E-state index >= 15 is 0 Å². The van der Waals surface area contributed by atoms with Crippen LogP contribution in [-0.4, -0.2) is 18.4 Å². The molecule has 1 rings (SSSR count). The normalized spacial score (nSPS) is 26.8. The van der Waals surface area contributed by atoms with Crippen molar-refractivity contribution in [3.63, 3.8) is 0 Å². The maximum atomic E-state index is 6.43. The smallest absolute Gasteiger partial charge is 0.141 e. The molecule has 0 amide bonds. The zero-order valence-corrected chi connectivity index (χ0v) is 5.67. The molecule has 1 fully saturated rings. The Bertz CT molecular complexity index is 146. The summed E-state index contributed by atoms with van der Waals surface area (Å²) in [7, 11) is 0. The van der Waals surface area contributed by atoms with Crippen LogP contribution in [0.25, 0.3) is 0 Å². The molecule has 1 atom stereocenters. The van der Waals surface area contributed by atoms with E-state index in [2.05, 4.69) is 15.6 Å². The van der Waals surface area contributed by atoms with Gasteiger partial charge in [0.15, 0.2) is 0 Å². The standard InChI is InChI=1S/C5H11N5/c6-5(9-10-7)4-2-1-3-8-4/h4,8H,1-3H2,(H3,6,7,9)/t4-/m1/s1. The predicted octanol–water partition coefficient (Wildman–Crippen LogP) is 0.0416. The first-order chi connectivity index (χ1) is 4.84. The molecule has 10 heavy (non-hydrogen) atoms. The van der Waals surface area contributed by atoms with Crippen molar-refractivity contribution in [1.29, 1.82) is 5.53 Å². The van der Waals surface area contributed by atoms with Gasteiger partial charge in [0.2, 0.25) is 0 Å². The molecule has 0 bridgehead atoms. The number of hydrogen-bond donors (Lipinski definition) is 3. The molecule has 5 heteroatoms. The Morgan fingerprint density at radius 2 is 2.50 bits per heavy atom. The Hall–Kier alpha value is -0.970. The molecule has 0 aromatic carbocycles. The summed E-state index contributed by atoms with van der Waals surface area (Å²) in [6.45, 7) is 0.985. The highest BCUT2D eigenvalue weighted by Crippen LogP contribution is 2.04. The molecule has 1 heterocycles. The summed E-state index contributed by atoms with van der Waals surface area (Å²) in [4.78, 5) is 0. The first kappa shape index (κ1) is 7.14. The van der Waals surface area contributed by atoms with E-state index in [1.807, 2.05) is 0 Å². The Labute approximate surface area is 59.2 Å². The molecule has 4 N–H and O–H groups in total. The van der Waals surface area contributed by atoms with Crippen molar-refractivity contribution in [2.45, 2.75) is 18.9 Å². The fourth-order valence-corrected chi connectivity index (χ4v) is 1.06. The summed E-state index contributed by atoms with van der Waals surface area (Å²) >= 11 is 0. The van der Waals surface area contributed by atoms with Gasteiger partial charge < -0.3 is 11.1 Å². The summed E-state index contributed by atoms with van der Waals surface area (Å²) in [6, 6.07) is 0.147. The largest absolute Gasteiger partial charge is 0.384 e. The lowest BCUT2D eigenvalue weighted by Gasteiger charge is -2.05. The highest BCUT2D eigenvalue weighted by Gasteiger charge is 2.17. The van der Waals surface area contributed by atoms with Gasteiger partial charge in [-0.25, -0.2) is 0 Å². The molecule has 56 valence electrons. The average molecular weight is 141 g/mol. The van der Waals surface area contributed by atoms with E-state index in [4.69, 9.17) is 11.3 Å². The minimum Gasteiger partial charge on any atom is -0.384 e. The van der Waals surface area contributed by atoms with Gasteiger partial charge in [0.05, 0.1) is 6.04 Å². The Balaban J connectivity index is 2.46. The maximum Gasteiger partial charge on any atom is 0.141 e. The van der Waals surface area contributed by atoms with Crippen LogP contribution in [0, 0.1) is 5.53 Å². The summed E-state index contributed by atoms with van der Waals surface area (Å²) in [5, 5.41) is 9.43. The van der Waals surface area contributed by atoms with Gasteiger partial charge in [-0.2, -0.15) is 5.53 Å². The lowest BCUT2D eigenvalue weighted by molar-refractivity contribution is 0.748. The van der Waals surface area contributed by atoms with Crippen LogP contribution in [-0.2, 0) is 0 Å². The fourth-order valence-electron chi connectivity index (χ4n) is 1.06. The molecule has 0 radical (unpaired) electrons. The molecule has 1 aliphatic heterocycles. The molecule has 5 nitrogen and oxygen atoms in total. The molecule has 0 spiro atoms. The molecule has 1 saturated heterocycles. The third-order valence-electron chi connectivity index (χ3n) is 1.58. The summed E-state index contributed by atoms with van der Waals surface area (Å²) in [6.07, 6.45) is 2.13. The highest BCUT2D eigenvalue weighted by atomic mass is 15.3. The van der Waals surface area contributed by atoms with Crippen LogP contribution < -0.4 is 11.1 Å². The van der Waals surface area contributed by atoms with Gasteiger partial charge in [0.1, 0.15) is 5.84 Å². The maximum absolute atomic E-state index is 6.43. The van der Waals surface area contributed by atoms with Gasteiger partial charge in [0, 0.05) is 0 Å². The van der Waals surface area contributed by atoms with E-state index in [1.54, 1.807) is 0 Å². The van der Waals surface area contributed by atoms with Crippen LogP contribution in [0.3, 0.4) is 0 Å². The first-order valence-electron chi connectivity index (χ1n) is 3.28. The third kappa shape index (κ3) is 1.51. The zero-order valence-electron chi connectivity index (χ0n) is 5.67. The Kier molecular flexibility index (Phi) is 2.33. The fraction of sp³-hybridized carbons (Fsp3) is 0.800. The highest BCUT2D eigenvalue weighted by molar-refractivity contribution is 5.85. The monoisotopic (exact) mass is 141 g/mol. The van der Waals surface area contributed by atoms with Crippen LogP contribution in [0.2, 0.25) is 0 Å². The SMILES string of the molecule is N=N/N=C(\N)[C@H]1CCCN1. The zero-order chi connectivity index (χ0) is 7.40. The number of nitrogens with two attached hydrogens (primary N) is 1. The van der Waals surface area contributed by atoms with E-state index in [0.29, 0.717) is 5.84 Å². The molecule has 0 aliphatic carbocycles. The second-order valence-corrected chi connectivity index (χ2v) is 2.27. The van der Waals surface area contributed by atoms with Crippen LogP contribution in [0.15, 0.2) is 10.3 Å². The van der Waals surface area contributed by atoms with Crippen molar-refractivity contribution in [3.8, 4) is 0 Å². The van der Waals surface area contributed by atoms with Gasteiger partial charge in [-0.1, -0.05) is 5.22 Å². The van der Waals surface area contributed by atoms with E-state index in [9.17, 15) is 0 Å². The van der Waals surface area contributed by atoms with Crippen molar-refractivity contribution >= 4 is 5.84 Å². The second-order valence-electron chi connectivity index (χ2n) is 2.27. The topological polar surface area (TPSA) is 86.6 Å². The van der Waals surface area contributed by atoms with Gasteiger partial charge in [-0.3, -0.25) is 0 Å². The van der Waals surface area contributed by atoms with Crippen LogP contribution in [0.4, 0.5) is 0 Å². The third-order valence-corrected chi connectivity index (χ3v) is 1.58. The average Bonchev–Trinajstić information content (AvgIpc) is 2.38. The molecule has 1 aliphatic rings. The van der Waals surface area contributed by atoms with Crippen LogP contribution >= 0.6 is 0 Å². The number of amidine groups is 1. The minimum absolute atomic E-state index is 0.147. The molecular weight excluding hydrogens is 130 g/mol. The molecule has 0 saturated carbocycles. The van der Waals surface area contributed by atoms with Gasteiger partial charge in [-0.15, -0.1) is 5.10 Å². The summed E-state index contributed by atoms with van der Waals surface area (Å²) in [5.74, 6) is 0.424. The van der Waals surface area contributed by atoms with Crippen molar-refractivity contribution in [1.82, 2.24) is 5.32 Å². The summed E-state index contributed by atoms with van der Waals surface area (Å²) in [5.41, 5.74) is 11.9. The van der Waals surface area contributed by atoms with Crippen molar-refractivity contribution < 1.29 is 0 Å². The van der Waals surface area contributed by atoms with E-state index < -0.39 is 0 Å². The molecule has 0 aromatic heterocycles. The van der Waals surface area contributed by atoms with E-state index in [0.717, 1.165) is 19.4 Å². The quantitative estimate of drug-likeness (QED) is 0.219. The Morgan fingerprint density at radius 1 is 1.70 bits per heavy atom. The molecule has 0 aromatic rings. The Morgan fingerprint density at radius 3 is 3.00 bits per heavy atom. The van der Waals surface area contributed by atoms with E-state index in [-0.39, 0.29) is 6.04 Å². The first-order valence-corrected chi connectivity index (χ1v) is 3.28. The minimum atomic E-state index is 0.147. The van der Waals surface area contributed by atoms with Crippen molar-refractivity contribution in [2.24, 2.45) is 16.1 Å². The second kappa shape index (κ2) is 3.26. The van der Waals surface area contributed by atoms with Crippen molar-refractivity contribution in [3.05, 3.63) is 0 Å². The number of rotatable bonds is 2. The molecule has 0 unspecified atom stereocenters. The predicted molar refractivity (Wildman–Crippen MR) is 37.8 cm³/mol. The number of nitrogens with zero attached hydrogens (tertiary/aromatic N) is 2. The lowest BCUT2D eigenvalue weighted by atomic mass is 10.2. The van der Waals surface area contributed by atoms with Crippen molar-refractivity contribution in [2.75, 3.05) is 6.54 Å². The van der Waals surface area contributed by atoms with Crippen LogP contribution in [0.1, 0.15) is 12.8 Å². The number of hydrogen-bond acceptors (Lipinski definition) is 3. The molecular formula is C5H11N5. The number of nitrogens with one attached hydrogen (secondary N) is 2. The summed E-state index contributed by atoms with van der Waals surface area (Å²) < 4.78 is 0. The van der Waals surface area contributed by atoms with Gasteiger partial charge in [0.25, 0.3) is 0 Å². The lowest BCUT2D eigenvalue weighted by Crippen LogP contribution is -2.36. The van der Waals surface area contributed by atoms with Gasteiger partial charge >= 0.3 is 0 Å². The van der Waals surface area contributed by atoms with Gasteiger partial charge in [-0.05, 0) is 19.4 Å². The van der Waals surface area contributed by atoms with E-state index in [1.165, 1.54) is 0 Å².